The molecule has 1 saturated carbocycles. The van der Waals surface area contributed by atoms with Crippen LogP contribution in [0.4, 0.5) is 5.69 Å². The number of nitrogens with one attached hydrogen (secondary N) is 1. The largest absolute Gasteiger partial charge is 0.462 e. The lowest BCUT2D eigenvalue weighted by Gasteiger charge is -2.38. The van der Waals surface area contributed by atoms with E-state index < -0.39 is 12.0 Å². The molecule has 1 fully saturated rings. The zero-order valence-corrected chi connectivity index (χ0v) is 18.0. The maximum Gasteiger partial charge on any atom is 0.338 e. The van der Waals surface area contributed by atoms with E-state index in [9.17, 15) is 14.4 Å². The standard InChI is InChI=1S/C24H29N3O4/c1-3-31-24(30)17-10-12-18(13-11-17)27-21(28)15-26-14-6-9-20(26)22(27)23(29)25-19-8-5-4-7-16(19)2/h6,9-14,16,19,22H,3-5,7-8,15H2,1-2H3,(H,25,29)/t16-,19-,22-/m1/s1. The molecule has 1 aromatic heterocycles. The van der Waals surface area contributed by atoms with Gasteiger partial charge in [0.1, 0.15) is 6.54 Å². The first-order chi connectivity index (χ1) is 15.0. The van der Waals surface area contributed by atoms with Crippen molar-refractivity contribution in [1.82, 2.24) is 9.88 Å². The molecule has 0 unspecified atom stereocenters. The highest BCUT2D eigenvalue weighted by Gasteiger charge is 2.39. The maximum atomic E-state index is 13.5. The molecule has 0 spiro atoms. The molecule has 0 radical (unpaired) electrons. The van der Waals surface area contributed by atoms with E-state index in [0.717, 1.165) is 25.0 Å². The van der Waals surface area contributed by atoms with Gasteiger partial charge in [0.25, 0.3) is 0 Å². The third kappa shape index (κ3) is 4.22. The predicted molar refractivity (Wildman–Crippen MR) is 117 cm³/mol. The van der Waals surface area contributed by atoms with Gasteiger partial charge in [0.2, 0.25) is 11.8 Å². The number of ether oxygens (including phenoxy) is 1. The van der Waals surface area contributed by atoms with Gasteiger partial charge in [0.05, 0.1) is 17.9 Å². The van der Waals surface area contributed by atoms with Crippen LogP contribution in [0.5, 0.6) is 0 Å². The van der Waals surface area contributed by atoms with Crippen LogP contribution in [0.15, 0.2) is 42.6 Å². The first kappa shape index (κ1) is 21.2. The zero-order valence-electron chi connectivity index (χ0n) is 18.0. The predicted octanol–water partition coefficient (Wildman–Crippen LogP) is 3.45. The van der Waals surface area contributed by atoms with Crippen LogP contribution in [0.25, 0.3) is 0 Å². The van der Waals surface area contributed by atoms with E-state index in [2.05, 4.69) is 12.2 Å². The molecule has 1 aromatic carbocycles. The Hall–Kier alpha value is -3.09. The van der Waals surface area contributed by atoms with Crippen molar-refractivity contribution in [3.8, 4) is 0 Å². The fraction of sp³-hybridized carbons (Fsp3) is 0.458. The number of amides is 2. The Kier molecular flexibility index (Phi) is 6.11. The van der Waals surface area contributed by atoms with E-state index in [1.165, 1.54) is 6.42 Å². The van der Waals surface area contributed by atoms with E-state index in [0.29, 0.717) is 23.8 Å². The van der Waals surface area contributed by atoms with Crippen LogP contribution in [0.3, 0.4) is 0 Å². The summed E-state index contributed by atoms with van der Waals surface area (Å²) in [6.45, 7) is 4.39. The van der Waals surface area contributed by atoms with Crippen molar-refractivity contribution in [2.45, 2.75) is 58.2 Å². The van der Waals surface area contributed by atoms with E-state index in [4.69, 9.17) is 4.74 Å². The highest BCUT2D eigenvalue weighted by atomic mass is 16.5. The SMILES string of the molecule is CCOC(=O)c1ccc(N2C(=O)Cn3cccc3[C@@H]2C(=O)N[C@@H]2CCCC[C@H]2C)cc1. The van der Waals surface area contributed by atoms with E-state index in [1.807, 2.05) is 22.9 Å². The summed E-state index contributed by atoms with van der Waals surface area (Å²) in [7, 11) is 0. The Morgan fingerprint density at radius 1 is 1.13 bits per heavy atom. The molecule has 164 valence electrons. The molecule has 31 heavy (non-hydrogen) atoms. The molecule has 1 aliphatic carbocycles. The van der Waals surface area contributed by atoms with Gasteiger partial charge in [-0.15, -0.1) is 0 Å². The van der Waals surface area contributed by atoms with Crippen molar-refractivity contribution in [1.29, 1.82) is 0 Å². The number of anilines is 1. The van der Waals surface area contributed by atoms with E-state index >= 15 is 0 Å². The Balaban J connectivity index is 1.64. The summed E-state index contributed by atoms with van der Waals surface area (Å²) < 4.78 is 6.87. The average molecular weight is 424 g/mol. The van der Waals surface area contributed by atoms with Crippen LogP contribution in [0.1, 0.15) is 61.6 Å². The number of carbonyl (C=O) groups excluding carboxylic acids is 3. The molecule has 0 bridgehead atoms. The van der Waals surface area contributed by atoms with E-state index in [1.54, 1.807) is 36.1 Å². The van der Waals surface area contributed by atoms with Crippen LogP contribution >= 0.6 is 0 Å². The normalized spacial score (nSPS) is 23.2. The van der Waals surface area contributed by atoms with Crippen LogP contribution < -0.4 is 10.2 Å². The van der Waals surface area contributed by atoms with Gasteiger partial charge < -0.3 is 14.6 Å². The fourth-order valence-corrected chi connectivity index (χ4v) is 4.63. The number of hydrogen-bond donors (Lipinski definition) is 1. The number of fused-ring (bicyclic) bond motifs is 1. The minimum Gasteiger partial charge on any atom is -0.462 e. The highest BCUT2D eigenvalue weighted by molar-refractivity contribution is 6.02. The minimum atomic E-state index is -0.751. The van der Waals surface area contributed by atoms with Crippen molar-refractivity contribution < 1.29 is 19.1 Å². The van der Waals surface area contributed by atoms with Crippen LogP contribution in [-0.2, 0) is 20.9 Å². The first-order valence-electron chi connectivity index (χ1n) is 11.0. The highest BCUT2D eigenvalue weighted by Crippen LogP contribution is 2.33. The third-order valence-corrected chi connectivity index (χ3v) is 6.32. The summed E-state index contributed by atoms with van der Waals surface area (Å²) in [5.41, 5.74) is 1.79. The number of benzene rings is 1. The lowest BCUT2D eigenvalue weighted by atomic mass is 9.85. The molecule has 4 rings (SSSR count). The molecular weight excluding hydrogens is 394 g/mol. The molecule has 2 amide bonds. The second-order valence-corrected chi connectivity index (χ2v) is 8.37. The molecule has 7 heteroatoms. The molecule has 2 aliphatic rings. The summed E-state index contributed by atoms with van der Waals surface area (Å²) in [5.74, 6) is -0.319. The summed E-state index contributed by atoms with van der Waals surface area (Å²) in [5, 5.41) is 3.22. The maximum absolute atomic E-state index is 13.5. The fourth-order valence-electron chi connectivity index (χ4n) is 4.63. The van der Waals surface area contributed by atoms with Crippen LogP contribution in [-0.4, -0.2) is 35.0 Å². The van der Waals surface area contributed by atoms with Crippen molar-refractivity contribution in [3.05, 3.63) is 53.9 Å². The third-order valence-electron chi connectivity index (χ3n) is 6.32. The molecule has 2 aromatic rings. The average Bonchev–Trinajstić information content (AvgIpc) is 3.22. The summed E-state index contributed by atoms with van der Waals surface area (Å²) in [6, 6.07) is 9.78. The minimum absolute atomic E-state index is 0.120. The monoisotopic (exact) mass is 423 g/mol. The van der Waals surface area contributed by atoms with Crippen molar-refractivity contribution in [2.24, 2.45) is 5.92 Å². The number of carbonyl (C=O) groups is 3. The van der Waals surface area contributed by atoms with Crippen molar-refractivity contribution in [2.75, 3.05) is 11.5 Å². The Morgan fingerprint density at radius 3 is 2.58 bits per heavy atom. The lowest BCUT2D eigenvalue weighted by molar-refractivity contribution is -0.129. The summed E-state index contributed by atoms with van der Waals surface area (Å²) >= 11 is 0. The van der Waals surface area contributed by atoms with Gasteiger partial charge in [0, 0.05) is 17.9 Å². The number of hydrogen-bond acceptors (Lipinski definition) is 4. The van der Waals surface area contributed by atoms with Gasteiger partial charge in [-0.05, 0) is 62.1 Å². The topological polar surface area (TPSA) is 80.6 Å². The Labute approximate surface area is 182 Å². The number of esters is 1. The second-order valence-electron chi connectivity index (χ2n) is 8.37. The van der Waals surface area contributed by atoms with Crippen LogP contribution in [0, 0.1) is 5.92 Å². The summed E-state index contributed by atoms with van der Waals surface area (Å²) in [6.07, 6.45) is 6.19. The number of nitrogens with zero attached hydrogens (tertiary/aromatic N) is 2. The molecule has 1 N–H and O–H groups in total. The molecule has 2 heterocycles. The van der Waals surface area contributed by atoms with Gasteiger partial charge in [-0.1, -0.05) is 19.8 Å². The zero-order chi connectivity index (χ0) is 22.0. The number of rotatable bonds is 5. The lowest BCUT2D eigenvalue weighted by Crippen LogP contribution is -2.52. The van der Waals surface area contributed by atoms with Gasteiger partial charge >= 0.3 is 5.97 Å². The first-order valence-corrected chi connectivity index (χ1v) is 11.0. The Bertz CT molecular complexity index is 965. The van der Waals surface area contributed by atoms with Crippen molar-refractivity contribution >= 4 is 23.5 Å². The van der Waals surface area contributed by atoms with Crippen LogP contribution in [0.2, 0.25) is 0 Å². The van der Waals surface area contributed by atoms with Gasteiger partial charge in [-0.2, -0.15) is 0 Å². The molecular formula is C24H29N3O4. The van der Waals surface area contributed by atoms with Gasteiger partial charge in [0.15, 0.2) is 6.04 Å². The quantitative estimate of drug-likeness (QED) is 0.747. The molecule has 7 nitrogen and oxygen atoms in total. The second kappa shape index (κ2) is 8.96. The number of aromatic nitrogens is 1. The van der Waals surface area contributed by atoms with E-state index in [-0.39, 0.29) is 24.4 Å². The van der Waals surface area contributed by atoms with Gasteiger partial charge in [-0.25, -0.2) is 4.79 Å². The molecule has 0 saturated heterocycles. The van der Waals surface area contributed by atoms with Gasteiger partial charge in [-0.3, -0.25) is 14.5 Å². The smallest absolute Gasteiger partial charge is 0.338 e. The summed E-state index contributed by atoms with van der Waals surface area (Å²) in [4.78, 5) is 40.1. The Morgan fingerprint density at radius 2 is 1.87 bits per heavy atom. The molecule has 3 atom stereocenters. The molecule has 1 aliphatic heterocycles. The van der Waals surface area contributed by atoms with Crippen molar-refractivity contribution in [3.63, 3.8) is 0 Å².